The predicted molar refractivity (Wildman–Crippen MR) is 102 cm³/mol. The van der Waals surface area contributed by atoms with Gasteiger partial charge in [-0.05, 0) is 25.1 Å². The third-order valence-corrected chi connectivity index (χ3v) is 7.92. The molecule has 0 spiro atoms. The van der Waals surface area contributed by atoms with Gasteiger partial charge in [0.2, 0.25) is 5.91 Å². The Morgan fingerprint density at radius 3 is 2.71 bits per heavy atom. The second kappa shape index (κ2) is 9.34. The zero-order chi connectivity index (χ0) is 17.6. The molecule has 2 heterocycles. The average Bonchev–Trinajstić information content (AvgIpc) is 2.58. The zero-order valence-electron chi connectivity index (χ0n) is 14.8. The van der Waals surface area contributed by atoms with Gasteiger partial charge >= 0.3 is 5.97 Å². The number of β-lactam (4-membered cyclic amide) rings is 1. The number of carbonyl (C=O) groups excluding carboxylic acids is 1. The highest BCUT2D eigenvalue weighted by Crippen LogP contribution is 2.44. The molecule has 7 heteroatoms. The number of carboxylic acid groups (broad SMARTS) is 1. The van der Waals surface area contributed by atoms with Crippen LogP contribution in [0.25, 0.3) is 0 Å². The van der Waals surface area contributed by atoms with Gasteiger partial charge in [-0.2, -0.15) is 0 Å². The molecule has 0 radical (unpaired) electrons. The van der Waals surface area contributed by atoms with Gasteiger partial charge in [0.15, 0.2) is 0 Å². The summed E-state index contributed by atoms with van der Waals surface area (Å²) in [4.78, 5) is 26.0. The molecule has 2 aliphatic heterocycles. The standard InChI is InChI=1S/C17H30N2O3S2/c1-3-5-7-9-18-13-14(20)19-11-17(16(21)22,12-23-15(13)19)24-10-8-6-4-2/h13,15,18H,3-12H2,1-2H3,(H,21,22)/t13-,15-,17?/m1/s1. The monoisotopic (exact) mass is 374 g/mol. The molecular weight excluding hydrogens is 344 g/mol. The molecule has 2 rings (SSSR count). The largest absolute Gasteiger partial charge is 0.480 e. The number of rotatable bonds is 11. The van der Waals surface area contributed by atoms with E-state index >= 15 is 0 Å². The summed E-state index contributed by atoms with van der Waals surface area (Å²) >= 11 is 3.15. The highest BCUT2D eigenvalue weighted by molar-refractivity contribution is 8.05. The Morgan fingerprint density at radius 1 is 1.33 bits per heavy atom. The molecule has 0 aromatic carbocycles. The van der Waals surface area contributed by atoms with Crippen LogP contribution in [0.15, 0.2) is 0 Å². The number of fused-ring (bicyclic) bond motifs is 1. The van der Waals surface area contributed by atoms with Gasteiger partial charge in [0.25, 0.3) is 0 Å². The smallest absolute Gasteiger partial charge is 0.322 e. The van der Waals surface area contributed by atoms with E-state index in [-0.39, 0.29) is 17.3 Å². The second-order valence-corrected chi connectivity index (χ2v) is 9.25. The molecule has 2 saturated heterocycles. The molecule has 0 bridgehead atoms. The van der Waals surface area contributed by atoms with E-state index in [4.69, 9.17) is 0 Å². The van der Waals surface area contributed by atoms with Gasteiger partial charge in [-0.1, -0.05) is 39.5 Å². The number of hydrogen-bond acceptors (Lipinski definition) is 5. The highest BCUT2D eigenvalue weighted by Gasteiger charge is 2.56. The Hall–Kier alpha value is -0.400. The summed E-state index contributed by atoms with van der Waals surface area (Å²) in [7, 11) is 0. The average molecular weight is 375 g/mol. The number of unbranched alkanes of at least 4 members (excludes halogenated alkanes) is 4. The van der Waals surface area contributed by atoms with Crippen molar-refractivity contribution in [2.75, 3.05) is 24.6 Å². The van der Waals surface area contributed by atoms with Gasteiger partial charge in [0.1, 0.15) is 16.2 Å². The molecule has 0 aromatic rings. The van der Waals surface area contributed by atoms with E-state index < -0.39 is 10.7 Å². The van der Waals surface area contributed by atoms with E-state index in [2.05, 4.69) is 19.2 Å². The highest BCUT2D eigenvalue weighted by atomic mass is 32.2. The number of nitrogens with one attached hydrogen (secondary N) is 1. The summed E-state index contributed by atoms with van der Waals surface area (Å²) in [6.07, 6.45) is 6.73. The van der Waals surface area contributed by atoms with E-state index in [1.807, 2.05) is 0 Å². The molecule has 0 aliphatic carbocycles. The van der Waals surface area contributed by atoms with E-state index in [0.29, 0.717) is 12.3 Å². The van der Waals surface area contributed by atoms with Crippen molar-refractivity contribution in [2.45, 2.75) is 68.5 Å². The fraction of sp³-hybridized carbons (Fsp3) is 0.882. The molecule has 1 unspecified atom stereocenters. The van der Waals surface area contributed by atoms with Crippen molar-refractivity contribution in [3.05, 3.63) is 0 Å². The minimum atomic E-state index is -0.836. The minimum Gasteiger partial charge on any atom is -0.480 e. The van der Waals surface area contributed by atoms with Crippen LogP contribution in [0.5, 0.6) is 0 Å². The summed E-state index contributed by atoms with van der Waals surface area (Å²) in [6.45, 7) is 5.52. The zero-order valence-corrected chi connectivity index (χ0v) is 16.4. The van der Waals surface area contributed by atoms with Crippen LogP contribution in [0, 0.1) is 0 Å². The van der Waals surface area contributed by atoms with Crippen molar-refractivity contribution in [1.82, 2.24) is 10.2 Å². The Labute approximate surface area is 153 Å². The molecule has 2 N–H and O–H groups in total. The molecule has 5 nitrogen and oxygen atoms in total. The first-order chi connectivity index (χ1) is 11.6. The minimum absolute atomic E-state index is 0.0727. The van der Waals surface area contributed by atoms with E-state index in [0.717, 1.165) is 38.0 Å². The SMILES string of the molecule is CCCCCN[C@@H]1C(=O)N2CC(SCCCCC)(C(=O)O)CS[C@H]12. The predicted octanol–water partition coefficient (Wildman–Crippen LogP) is 2.80. The molecule has 138 valence electrons. The lowest BCUT2D eigenvalue weighted by molar-refractivity contribution is -0.150. The third kappa shape index (κ3) is 4.41. The van der Waals surface area contributed by atoms with Crippen molar-refractivity contribution in [3.8, 4) is 0 Å². The van der Waals surface area contributed by atoms with Crippen molar-refractivity contribution < 1.29 is 14.7 Å². The summed E-state index contributed by atoms with van der Waals surface area (Å²) in [5.41, 5.74) is 0. The van der Waals surface area contributed by atoms with Crippen molar-refractivity contribution >= 4 is 35.4 Å². The first-order valence-corrected chi connectivity index (χ1v) is 11.1. The first-order valence-electron chi connectivity index (χ1n) is 9.08. The Morgan fingerprint density at radius 2 is 2.04 bits per heavy atom. The quantitative estimate of drug-likeness (QED) is 0.428. The lowest BCUT2D eigenvalue weighted by atomic mass is 10.0. The molecule has 0 aromatic heterocycles. The van der Waals surface area contributed by atoms with Crippen molar-refractivity contribution in [1.29, 1.82) is 0 Å². The van der Waals surface area contributed by atoms with Crippen LogP contribution in [0.1, 0.15) is 52.4 Å². The maximum Gasteiger partial charge on any atom is 0.322 e. The number of aliphatic carboxylic acids is 1. The second-order valence-electron chi connectivity index (χ2n) is 6.66. The fourth-order valence-corrected chi connectivity index (χ4v) is 6.19. The molecule has 2 aliphatic rings. The molecule has 2 fully saturated rings. The maximum atomic E-state index is 12.4. The van der Waals surface area contributed by atoms with Crippen LogP contribution in [0.2, 0.25) is 0 Å². The first kappa shape index (κ1) is 19.9. The van der Waals surface area contributed by atoms with Crippen LogP contribution < -0.4 is 5.32 Å². The molecule has 0 saturated carbocycles. The van der Waals surface area contributed by atoms with Crippen LogP contribution >= 0.6 is 23.5 Å². The van der Waals surface area contributed by atoms with Crippen molar-refractivity contribution in [3.63, 3.8) is 0 Å². The fourth-order valence-electron chi connectivity index (χ4n) is 3.14. The summed E-state index contributed by atoms with van der Waals surface area (Å²) in [5, 5.41) is 13.2. The number of carboxylic acids is 1. The van der Waals surface area contributed by atoms with Crippen LogP contribution in [-0.4, -0.2) is 62.6 Å². The van der Waals surface area contributed by atoms with E-state index in [1.165, 1.54) is 24.6 Å². The van der Waals surface area contributed by atoms with Crippen LogP contribution in [-0.2, 0) is 9.59 Å². The Balaban J connectivity index is 1.86. The van der Waals surface area contributed by atoms with Gasteiger partial charge in [-0.25, -0.2) is 0 Å². The van der Waals surface area contributed by atoms with E-state index in [1.54, 1.807) is 16.7 Å². The van der Waals surface area contributed by atoms with Crippen molar-refractivity contribution in [2.24, 2.45) is 0 Å². The Kier molecular flexibility index (Phi) is 7.75. The van der Waals surface area contributed by atoms with Crippen LogP contribution in [0.3, 0.4) is 0 Å². The number of nitrogens with zero attached hydrogens (tertiary/aromatic N) is 1. The van der Waals surface area contributed by atoms with Gasteiger partial charge in [-0.3, -0.25) is 9.59 Å². The summed E-state index contributed by atoms with van der Waals surface area (Å²) in [5.74, 6) is 0.734. The normalized spacial score (nSPS) is 29.2. The summed E-state index contributed by atoms with van der Waals surface area (Å²) in [6, 6.07) is -0.122. The number of amides is 1. The van der Waals surface area contributed by atoms with Gasteiger partial charge in [0, 0.05) is 12.3 Å². The maximum absolute atomic E-state index is 12.4. The third-order valence-electron chi connectivity index (χ3n) is 4.72. The van der Waals surface area contributed by atoms with E-state index in [9.17, 15) is 14.7 Å². The lowest BCUT2D eigenvalue weighted by Crippen LogP contribution is -2.74. The number of hydrogen-bond donors (Lipinski definition) is 2. The lowest BCUT2D eigenvalue weighted by Gasteiger charge is -2.53. The van der Waals surface area contributed by atoms with Gasteiger partial charge in [0.05, 0.1) is 0 Å². The number of thioether (sulfide) groups is 2. The van der Waals surface area contributed by atoms with Gasteiger partial charge < -0.3 is 15.3 Å². The summed E-state index contributed by atoms with van der Waals surface area (Å²) < 4.78 is -0.836. The molecular formula is C17H30N2O3S2. The molecule has 3 atom stereocenters. The van der Waals surface area contributed by atoms with Crippen LogP contribution in [0.4, 0.5) is 0 Å². The number of carbonyl (C=O) groups is 2. The molecule has 24 heavy (non-hydrogen) atoms. The topological polar surface area (TPSA) is 69.6 Å². The Bertz CT molecular complexity index is 450. The molecule has 1 amide bonds. The van der Waals surface area contributed by atoms with Gasteiger partial charge in [-0.15, -0.1) is 23.5 Å².